The number of hydrogen-bond acceptors (Lipinski definition) is 8. The Morgan fingerprint density at radius 1 is 1.17 bits per heavy atom. The van der Waals surface area contributed by atoms with E-state index in [1.165, 1.54) is 30.3 Å². The molecular formula is C25H26N2O8. The fourth-order valence-corrected chi connectivity index (χ4v) is 3.32. The maximum Gasteiger partial charge on any atom is 0.360 e. The standard InChI is InChI=1S/C25H26N2O8/c1-3-15-9-19(24(31)32)18(10-16(15)12-28)17-7-8-20(23(30)26-11-14-5-6-14)27-22(17)25(33)35-13-34-21(29)4-2/h3,7-10,14,28H,1,4-6,11-13H2,2H3,(H,26,30)(H,31,32). The maximum atomic E-state index is 12.9. The highest BCUT2D eigenvalue weighted by Crippen LogP contribution is 2.31. The number of esters is 2. The van der Waals surface area contributed by atoms with Crippen LogP contribution in [0.2, 0.25) is 0 Å². The van der Waals surface area contributed by atoms with Crippen molar-refractivity contribution in [2.45, 2.75) is 32.8 Å². The van der Waals surface area contributed by atoms with Crippen LogP contribution in [0.1, 0.15) is 68.6 Å². The Balaban J connectivity index is 2.06. The summed E-state index contributed by atoms with van der Waals surface area (Å²) < 4.78 is 9.80. The van der Waals surface area contributed by atoms with Crippen molar-refractivity contribution in [2.24, 2.45) is 5.92 Å². The van der Waals surface area contributed by atoms with Crippen molar-refractivity contribution >= 4 is 29.9 Å². The number of carboxylic acid groups (broad SMARTS) is 1. The lowest BCUT2D eigenvalue weighted by atomic mass is 9.92. The van der Waals surface area contributed by atoms with Crippen LogP contribution in [-0.2, 0) is 20.9 Å². The monoisotopic (exact) mass is 482 g/mol. The van der Waals surface area contributed by atoms with Crippen molar-refractivity contribution in [3.63, 3.8) is 0 Å². The number of pyridine rings is 1. The van der Waals surface area contributed by atoms with Gasteiger partial charge in [0.2, 0.25) is 6.79 Å². The average molecular weight is 482 g/mol. The number of nitrogens with zero attached hydrogens (tertiary/aromatic N) is 1. The highest BCUT2D eigenvalue weighted by atomic mass is 16.7. The van der Waals surface area contributed by atoms with Gasteiger partial charge in [0.05, 0.1) is 12.2 Å². The SMILES string of the molecule is C=Cc1cc(C(=O)O)c(-c2ccc(C(=O)NCC3CC3)nc2C(=O)OCOC(=O)CC)cc1CO. The predicted molar refractivity (Wildman–Crippen MR) is 124 cm³/mol. The maximum absolute atomic E-state index is 12.9. The number of ether oxygens (including phenoxy) is 2. The third-order valence-electron chi connectivity index (χ3n) is 5.46. The summed E-state index contributed by atoms with van der Waals surface area (Å²) in [5.41, 5.74) is 0.371. The minimum absolute atomic E-state index is 0.0612. The van der Waals surface area contributed by atoms with Gasteiger partial charge in [-0.3, -0.25) is 9.59 Å². The summed E-state index contributed by atoms with van der Waals surface area (Å²) in [7, 11) is 0. The molecule has 1 aliphatic rings. The van der Waals surface area contributed by atoms with Gasteiger partial charge in [0, 0.05) is 18.5 Å². The molecule has 2 aromatic rings. The van der Waals surface area contributed by atoms with Gasteiger partial charge in [0.15, 0.2) is 5.69 Å². The molecule has 10 heteroatoms. The van der Waals surface area contributed by atoms with Gasteiger partial charge in [0.1, 0.15) is 5.69 Å². The molecule has 0 saturated heterocycles. The molecule has 0 aliphatic heterocycles. The van der Waals surface area contributed by atoms with Gasteiger partial charge >= 0.3 is 17.9 Å². The molecule has 1 heterocycles. The van der Waals surface area contributed by atoms with E-state index in [0.29, 0.717) is 23.6 Å². The first-order valence-electron chi connectivity index (χ1n) is 11.0. The zero-order valence-electron chi connectivity index (χ0n) is 19.2. The van der Waals surface area contributed by atoms with Crippen LogP contribution in [0.3, 0.4) is 0 Å². The van der Waals surface area contributed by atoms with E-state index in [4.69, 9.17) is 9.47 Å². The number of hydrogen-bond donors (Lipinski definition) is 3. The van der Waals surface area contributed by atoms with E-state index in [-0.39, 0.29) is 34.5 Å². The number of nitrogens with one attached hydrogen (secondary N) is 1. The molecule has 1 amide bonds. The molecule has 1 aromatic heterocycles. The molecular weight excluding hydrogens is 456 g/mol. The first-order valence-corrected chi connectivity index (χ1v) is 11.0. The Morgan fingerprint density at radius 2 is 1.91 bits per heavy atom. The van der Waals surface area contributed by atoms with Crippen molar-refractivity contribution in [3.8, 4) is 11.1 Å². The second-order valence-electron chi connectivity index (χ2n) is 7.93. The molecule has 35 heavy (non-hydrogen) atoms. The minimum Gasteiger partial charge on any atom is -0.478 e. The molecule has 1 aromatic carbocycles. The van der Waals surface area contributed by atoms with Crippen LogP contribution in [0.25, 0.3) is 17.2 Å². The molecule has 0 spiro atoms. The van der Waals surface area contributed by atoms with Crippen LogP contribution >= 0.6 is 0 Å². The van der Waals surface area contributed by atoms with Gasteiger partial charge in [-0.15, -0.1) is 0 Å². The van der Waals surface area contributed by atoms with Gasteiger partial charge in [-0.25, -0.2) is 14.6 Å². The molecule has 1 fully saturated rings. The number of aromatic nitrogens is 1. The first kappa shape index (κ1) is 25.6. The van der Waals surface area contributed by atoms with Crippen molar-refractivity contribution in [2.75, 3.05) is 13.3 Å². The zero-order chi connectivity index (χ0) is 25.5. The van der Waals surface area contributed by atoms with Crippen LogP contribution in [0, 0.1) is 5.92 Å². The van der Waals surface area contributed by atoms with Gasteiger partial charge in [0.25, 0.3) is 5.91 Å². The fourth-order valence-electron chi connectivity index (χ4n) is 3.32. The second kappa shape index (κ2) is 11.4. The molecule has 0 unspecified atom stereocenters. The normalized spacial score (nSPS) is 12.5. The summed E-state index contributed by atoms with van der Waals surface area (Å²) >= 11 is 0. The number of aliphatic hydroxyl groups excluding tert-OH is 1. The largest absolute Gasteiger partial charge is 0.478 e. The number of carboxylic acids is 1. The molecule has 10 nitrogen and oxygen atoms in total. The summed E-state index contributed by atoms with van der Waals surface area (Å²) in [4.78, 5) is 53.0. The van der Waals surface area contributed by atoms with E-state index in [9.17, 15) is 29.4 Å². The van der Waals surface area contributed by atoms with Crippen LogP contribution < -0.4 is 5.32 Å². The minimum atomic E-state index is -1.28. The molecule has 184 valence electrons. The van der Waals surface area contributed by atoms with Crippen molar-refractivity contribution < 1.29 is 38.9 Å². The van der Waals surface area contributed by atoms with E-state index < -0.39 is 37.2 Å². The highest BCUT2D eigenvalue weighted by Gasteiger charge is 2.26. The second-order valence-corrected chi connectivity index (χ2v) is 7.93. The lowest BCUT2D eigenvalue weighted by Gasteiger charge is -2.15. The number of carbonyl (C=O) groups is 4. The quantitative estimate of drug-likeness (QED) is 0.324. The van der Waals surface area contributed by atoms with Gasteiger partial charge in [-0.1, -0.05) is 19.6 Å². The lowest BCUT2D eigenvalue weighted by Crippen LogP contribution is -2.27. The molecule has 1 aliphatic carbocycles. The first-order chi connectivity index (χ1) is 16.8. The topological polar surface area (TPSA) is 152 Å². The molecule has 1 saturated carbocycles. The number of aliphatic hydroxyl groups is 1. The lowest BCUT2D eigenvalue weighted by molar-refractivity contribution is -0.151. The number of benzene rings is 1. The summed E-state index contributed by atoms with van der Waals surface area (Å²) in [5.74, 6) is -2.95. The number of amides is 1. The van der Waals surface area contributed by atoms with Crippen LogP contribution in [0.5, 0.6) is 0 Å². The van der Waals surface area contributed by atoms with Crippen LogP contribution in [0.15, 0.2) is 30.8 Å². The van der Waals surface area contributed by atoms with E-state index >= 15 is 0 Å². The molecule has 0 radical (unpaired) electrons. The van der Waals surface area contributed by atoms with E-state index in [1.807, 2.05) is 0 Å². The smallest absolute Gasteiger partial charge is 0.360 e. The molecule has 0 bridgehead atoms. The Kier molecular flexibility index (Phi) is 8.32. The fraction of sp³-hybridized carbons (Fsp3) is 0.320. The van der Waals surface area contributed by atoms with Crippen molar-refractivity contribution in [1.82, 2.24) is 10.3 Å². The van der Waals surface area contributed by atoms with Crippen LogP contribution in [-0.4, -0.2) is 52.3 Å². The predicted octanol–water partition coefficient (Wildman–Crippen LogP) is 2.79. The van der Waals surface area contributed by atoms with Gasteiger partial charge < -0.3 is 25.0 Å². The molecule has 3 N–H and O–H groups in total. The Bertz CT molecular complexity index is 1170. The summed E-state index contributed by atoms with van der Waals surface area (Å²) in [5, 5.41) is 22.3. The van der Waals surface area contributed by atoms with Crippen molar-refractivity contribution in [1.29, 1.82) is 0 Å². The number of carbonyl (C=O) groups excluding carboxylic acids is 3. The Labute approximate surface area is 201 Å². The number of rotatable bonds is 11. The zero-order valence-corrected chi connectivity index (χ0v) is 19.2. The van der Waals surface area contributed by atoms with E-state index in [0.717, 1.165) is 12.8 Å². The van der Waals surface area contributed by atoms with E-state index in [1.54, 1.807) is 6.92 Å². The van der Waals surface area contributed by atoms with Gasteiger partial charge in [-0.2, -0.15) is 0 Å². The molecule has 0 atom stereocenters. The Hall–Kier alpha value is -4.05. The van der Waals surface area contributed by atoms with Gasteiger partial charge in [-0.05, 0) is 59.7 Å². The van der Waals surface area contributed by atoms with E-state index in [2.05, 4.69) is 16.9 Å². The Morgan fingerprint density at radius 3 is 2.51 bits per heavy atom. The molecule has 3 rings (SSSR count). The summed E-state index contributed by atoms with van der Waals surface area (Å²) in [6, 6.07) is 5.50. The highest BCUT2D eigenvalue weighted by molar-refractivity contribution is 6.03. The average Bonchev–Trinajstić information content (AvgIpc) is 3.70. The van der Waals surface area contributed by atoms with Crippen LogP contribution in [0.4, 0.5) is 0 Å². The van der Waals surface area contributed by atoms with Crippen molar-refractivity contribution in [3.05, 3.63) is 58.9 Å². The summed E-state index contributed by atoms with van der Waals surface area (Å²) in [6.45, 7) is 4.62. The number of aromatic carboxylic acids is 1. The third-order valence-corrected chi connectivity index (χ3v) is 5.46. The summed E-state index contributed by atoms with van der Waals surface area (Å²) in [6.07, 6.45) is 3.56. The third kappa shape index (κ3) is 6.30.